The number of benzene rings is 2. The van der Waals surface area contributed by atoms with Crippen LogP contribution in [-0.2, 0) is 4.79 Å². The molecule has 0 saturated carbocycles. The van der Waals surface area contributed by atoms with E-state index in [4.69, 9.17) is 27.9 Å². The summed E-state index contributed by atoms with van der Waals surface area (Å²) >= 11 is 11.8. The van der Waals surface area contributed by atoms with Crippen LogP contribution in [0.2, 0.25) is 10.0 Å². The fourth-order valence-electron chi connectivity index (χ4n) is 2.28. The average molecular weight is 389 g/mol. The number of aromatic nitrogens is 1. The Bertz CT molecular complexity index is 1050. The largest absolute Gasteiger partial charge is 0.414 e. The van der Waals surface area contributed by atoms with Crippen molar-refractivity contribution in [2.45, 2.75) is 0 Å². The van der Waals surface area contributed by atoms with Crippen LogP contribution in [0.3, 0.4) is 0 Å². The van der Waals surface area contributed by atoms with Crippen molar-refractivity contribution in [3.8, 4) is 5.75 Å². The lowest BCUT2D eigenvalue weighted by molar-refractivity contribution is -0.385. The van der Waals surface area contributed by atoms with Crippen molar-refractivity contribution < 1.29 is 14.5 Å². The topological polar surface area (TPSA) is 82.3 Å². The predicted octanol–water partition coefficient (Wildman–Crippen LogP) is 5.07. The van der Waals surface area contributed by atoms with Gasteiger partial charge in [0.1, 0.15) is 5.52 Å². The van der Waals surface area contributed by atoms with Crippen LogP contribution in [0, 0.1) is 10.1 Å². The Labute approximate surface area is 157 Å². The molecule has 1 heterocycles. The second kappa shape index (κ2) is 7.51. The molecule has 3 rings (SSSR count). The zero-order valence-corrected chi connectivity index (χ0v) is 14.6. The lowest BCUT2D eigenvalue weighted by Crippen LogP contribution is -2.07. The number of hydrogen-bond donors (Lipinski definition) is 0. The molecule has 0 saturated heterocycles. The number of nitro benzene ring substituents is 1. The van der Waals surface area contributed by atoms with E-state index in [0.717, 1.165) is 6.08 Å². The Morgan fingerprint density at radius 3 is 2.73 bits per heavy atom. The van der Waals surface area contributed by atoms with E-state index in [1.54, 1.807) is 30.3 Å². The molecule has 0 fully saturated rings. The van der Waals surface area contributed by atoms with E-state index in [9.17, 15) is 14.9 Å². The summed E-state index contributed by atoms with van der Waals surface area (Å²) in [5, 5.41) is 12.7. The number of halogens is 2. The number of carbonyl (C=O) groups excluding carboxylic acids is 1. The minimum Gasteiger partial charge on any atom is -0.414 e. The van der Waals surface area contributed by atoms with Crippen molar-refractivity contribution >= 4 is 51.8 Å². The number of fused-ring (bicyclic) bond motifs is 1. The Hall–Kier alpha value is -2.96. The normalized spacial score (nSPS) is 11.0. The molecule has 0 aliphatic heterocycles. The first-order valence-corrected chi connectivity index (χ1v) is 8.08. The summed E-state index contributed by atoms with van der Waals surface area (Å²) in [5.74, 6) is -0.998. The van der Waals surface area contributed by atoms with Gasteiger partial charge < -0.3 is 4.74 Å². The van der Waals surface area contributed by atoms with E-state index in [-0.39, 0.29) is 17.0 Å². The van der Waals surface area contributed by atoms with Crippen molar-refractivity contribution in [2.24, 2.45) is 0 Å². The van der Waals surface area contributed by atoms with Crippen LogP contribution >= 0.6 is 23.2 Å². The highest BCUT2D eigenvalue weighted by molar-refractivity contribution is 6.35. The van der Waals surface area contributed by atoms with Gasteiger partial charge in [-0.05, 0) is 35.9 Å². The number of esters is 1. The molecule has 0 aliphatic carbocycles. The second-order valence-electron chi connectivity index (χ2n) is 5.17. The Balaban J connectivity index is 1.92. The first-order valence-electron chi connectivity index (χ1n) is 7.33. The molecular formula is C18H10Cl2N2O4. The molecule has 0 spiro atoms. The third kappa shape index (κ3) is 3.82. The smallest absolute Gasteiger partial charge is 0.336 e. The monoisotopic (exact) mass is 388 g/mol. The number of hydrogen-bond acceptors (Lipinski definition) is 5. The SMILES string of the molecule is O=C(/C=C/c1ccc(Cl)cc1Cl)Oc1c([N+](=O)[O-])ccc2cccnc12. The van der Waals surface area contributed by atoms with Crippen LogP contribution in [0.5, 0.6) is 5.75 Å². The molecule has 0 bridgehead atoms. The fraction of sp³-hybridized carbons (Fsp3) is 0. The van der Waals surface area contributed by atoms with E-state index in [2.05, 4.69) is 4.98 Å². The number of pyridine rings is 1. The molecular weight excluding hydrogens is 379 g/mol. The summed E-state index contributed by atoms with van der Waals surface area (Å²) in [7, 11) is 0. The molecule has 2 aromatic carbocycles. The highest BCUT2D eigenvalue weighted by Gasteiger charge is 2.21. The van der Waals surface area contributed by atoms with Crippen LogP contribution in [0.1, 0.15) is 5.56 Å². The van der Waals surface area contributed by atoms with Crippen LogP contribution < -0.4 is 4.74 Å². The quantitative estimate of drug-likeness (QED) is 0.205. The number of ether oxygens (including phenoxy) is 1. The third-order valence-electron chi connectivity index (χ3n) is 3.47. The zero-order chi connectivity index (χ0) is 18.7. The average Bonchev–Trinajstić information content (AvgIpc) is 2.61. The van der Waals surface area contributed by atoms with E-state index in [0.29, 0.717) is 21.0 Å². The molecule has 6 nitrogen and oxygen atoms in total. The number of carbonyl (C=O) groups is 1. The van der Waals surface area contributed by atoms with Gasteiger partial charge in [-0.3, -0.25) is 15.1 Å². The van der Waals surface area contributed by atoms with Crippen molar-refractivity contribution in [1.82, 2.24) is 4.98 Å². The summed E-state index contributed by atoms with van der Waals surface area (Å²) < 4.78 is 5.21. The summed E-state index contributed by atoms with van der Waals surface area (Å²) in [6.45, 7) is 0. The van der Waals surface area contributed by atoms with Gasteiger partial charge in [-0.25, -0.2) is 4.79 Å². The minimum atomic E-state index is -0.794. The molecule has 0 unspecified atom stereocenters. The summed E-state index contributed by atoms with van der Waals surface area (Å²) in [5.41, 5.74) is 0.439. The van der Waals surface area contributed by atoms with E-state index in [1.807, 2.05) is 0 Å². The molecule has 0 N–H and O–H groups in total. The minimum absolute atomic E-state index is 0.204. The number of nitro groups is 1. The van der Waals surface area contributed by atoms with Gasteiger partial charge in [0.05, 0.1) is 4.92 Å². The summed E-state index contributed by atoms with van der Waals surface area (Å²) in [6, 6.07) is 11.0. The van der Waals surface area contributed by atoms with Gasteiger partial charge in [0.2, 0.25) is 5.75 Å². The Kier molecular flexibility index (Phi) is 5.16. The van der Waals surface area contributed by atoms with Crippen LogP contribution in [0.4, 0.5) is 5.69 Å². The zero-order valence-electron chi connectivity index (χ0n) is 13.1. The molecule has 0 radical (unpaired) electrons. The molecule has 1 aromatic heterocycles. The molecule has 3 aromatic rings. The maximum absolute atomic E-state index is 12.2. The summed E-state index contributed by atoms with van der Waals surface area (Å²) in [4.78, 5) is 26.8. The maximum Gasteiger partial charge on any atom is 0.336 e. The van der Waals surface area contributed by atoms with Crippen molar-refractivity contribution in [1.29, 1.82) is 0 Å². The fourth-order valence-corrected chi connectivity index (χ4v) is 2.75. The maximum atomic E-state index is 12.2. The van der Waals surface area contributed by atoms with Gasteiger partial charge in [0.15, 0.2) is 0 Å². The second-order valence-corrected chi connectivity index (χ2v) is 6.01. The van der Waals surface area contributed by atoms with Gasteiger partial charge >= 0.3 is 11.7 Å². The number of nitrogens with zero attached hydrogens (tertiary/aromatic N) is 2. The Morgan fingerprint density at radius 2 is 2.00 bits per heavy atom. The van der Waals surface area contributed by atoms with Crippen molar-refractivity contribution in [2.75, 3.05) is 0 Å². The lowest BCUT2D eigenvalue weighted by Gasteiger charge is -2.06. The molecule has 8 heteroatoms. The molecule has 0 aliphatic rings. The van der Waals surface area contributed by atoms with E-state index in [1.165, 1.54) is 24.4 Å². The molecule has 0 atom stereocenters. The van der Waals surface area contributed by atoms with E-state index < -0.39 is 10.9 Å². The summed E-state index contributed by atoms with van der Waals surface area (Å²) in [6.07, 6.45) is 4.03. The van der Waals surface area contributed by atoms with Gasteiger partial charge in [-0.2, -0.15) is 0 Å². The van der Waals surface area contributed by atoms with Crippen molar-refractivity contribution in [3.05, 3.63) is 80.5 Å². The standard InChI is InChI=1S/C18H10Cl2N2O4/c19-13-6-3-11(14(20)10-13)5-8-16(23)26-18-15(22(24)25)7-4-12-2-1-9-21-17(12)18/h1-10H/b8-5+. The molecule has 0 amide bonds. The first-order chi connectivity index (χ1) is 12.5. The van der Waals surface area contributed by atoms with Crippen LogP contribution in [-0.4, -0.2) is 15.9 Å². The van der Waals surface area contributed by atoms with Gasteiger partial charge in [-0.15, -0.1) is 0 Å². The van der Waals surface area contributed by atoms with Gasteiger partial charge in [0.25, 0.3) is 0 Å². The van der Waals surface area contributed by atoms with Gasteiger partial charge in [0, 0.05) is 33.8 Å². The van der Waals surface area contributed by atoms with Crippen molar-refractivity contribution in [3.63, 3.8) is 0 Å². The highest BCUT2D eigenvalue weighted by atomic mass is 35.5. The Morgan fingerprint density at radius 1 is 1.19 bits per heavy atom. The van der Waals surface area contributed by atoms with Crippen LogP contribution in [0.15, 0.2) is 54.7 Å². The highest BCUT2D eigenvalue weighted by Crippen LogP contribution is 2.34. The predicted molar refractivity (Wildman–Crippen MR) is 99.5 cm³/mol. The van der Waals surface area contributed by atoms with E-state index >= 15 is 0 Å². The number of rotatable bonds is 4. The lowest BCUT2D eigenvalue weighted by atomic mass is 10.2. The third-order valence-corrected chi connectivity index (χ3v) is 4.03. The van der Waals surface area contributed by atoms with Gasteiger partial charge in [-0.1, -0.05) is 35.3 Å². The first kappa shape index (κ1) is 17.8. The van der Waals surface area contributed by atoms with Crippen LogP contribution in [0.25, 0.3) is 17.0 Å². The molecule has 26 heavy (non-hydrogen) atoms. The molecule has 130 valence electrons.